The van der Waals surface area contributed by atoms with E-state index in [0.717, 1.165) is 6.42 Å². The molecule has 0 aliphatic carbocycles. The zero-order valence-corrected chi connectivity index (χ0v) is 16.1. The van der Waals surface area contributed by atoms with E-state index >= 15 is 0 Å². The molecule has 29 heavy (non-hydrogen) atoms. The van der Waals surface area contributed by atoms with E-state index in [9.17, 15) is 19.8 Å². The molecule has 0 spiro atoms. The lowest BCUT2D eigenvalue weighted by atomic mass is 10.2. The summed E-state index contributed by atoms with van der Waals surface area (Å²) in [6, 6.07) is -0.524. The molecule has 2 unspecified atom stereocenters. The predicted octanol–water partition coefficient (Wildman–Crippen LogP) is 0.752. The standard InChI is InChI=1S/C18H24N6O5/c1-3-5-10(6-4-2)21-17(27)23-15-14-16(20-9-19-15)24(18(28)22-14)13-7-11(26)12(8-25)29-13/h3,5-6,9,11-13,25-26H,4,7-8H2,1-2H3,(H,22,28)(H2,19,20,21,23,27)/b5-3-,10-6+/t11?,12?,13-/m1/s1. The van der Waals surface area contributed by atoms with Gasteiger partial charge in [-0.25, -0.2) is 24.1 Å². The molecule has 3 atom stereocenters. The minimum atomic E-state index is -0.901. The number of amides is 2. The molecule has 11 nitrogen and oxygen atoms in total. The van der Waals surface area contributed by atoms with Crippen molar-refractivity contribution in [2.24, 2.45) is 0 Å². The molecule has 3 rings (SSSR count). The molecule has 0 aromatic carbocycles. The van der Waals surface area contributed by atoms with E-state index in [1.54, 1.807) is 12.2 Å². The lowest BCUT2D eigenvalue weighted by Crippen LogP contribution is -2.28. The van der Waals surface area contributed by atoms with Crippen LogP contribution in [0.2, 0.25) is 0 Å². The highest BCUT2D eigenvalue weighted by atomic mass is 16.5. The number of ether oxygens (including phenoxy) is 1. The molecule has 2 aromatic heterocycles. The van der Waals surface area contributed by atoms with Gasteiger partial charge in [-0.3, -0.25) is 5.32 Å². The summed E-state index contributed by atoms with van der Waals surface area (Å²) >= 11 is 0. The van der Waals surface area contributed by atoms with Crippen LogP contribution in [0.25, 0.3) is 11.2 Å². The molecule has 5 N–H and O–H groups in total. The maximum absolute atomic E-state index is 12.5. The normalized spacial score (nSPS) is 22.5. The SMILES string of the molecule is C/C=C\C(=C/CC)NC(=O)Nc1ncnc2c1[nH]c(=O)n2[C@H]1CC(O)C(CO)O1. The van der Waals surface area contributed by atoms with Gasteiger partial charge in [-0.05, 0) is 19.4 Å². The first-order chi connectivity index (χ1) is 14.0. The van der Waals surface area contributed by atoms with Crippen LogP contribution in [0, 0.1) is 0 Å². The summed E-state index contributed by atoms with van der Waals surface area (Å²) in [6.07, 6.45) is 5.03. The zero-order valence-electron chi connectivity index (χ0n) is 16.1. The minimum absolute atomic E-state index is 0.122. The number of anilines is 1. The van der Waals surface area contributed by atoms with E-state index in [1.807, 2.05) is 19.9 Å². The van der Waals surface area contributed by atoms with Crippen molar-refractivity contribution < 1.29 is 19.7 Å². The van der Waals surface area contributed by atoms with Crippen molar-refractivity contribution in [3.05, 3.63) is 40.7 Å². The largest absolute Gasteiger partial charge is 0.394 e. The van der Waals surface area contributed by atoms with Crippen LogP contribution < -0.4 is 16.3 Å². The van der Waals surface area contributed by atoms with Crippen LogP contribution in [0.1, 0.15) is 32.9 Å². The van der Waals surface area contributed by atoms with Gasteiger partial charge in [0, 0.05) is 12.1 Å². The van der Waals surface area contributed by atoms with E-state index in [0.29, 0.717) is 5.70 Å². The highest BCUT2D eigenvalue weighted by molar-refractivity contribution is 5.96. The van der Waals surface area contributed by atoms with Crippen LogP contribution in [0.4, 0.5) is 10.6 Å². The first-order valence-electron chi connectivity index (χ1n) is 9.28. The first-order valence-corrected chi connectivity index (χ1v) is 9.28. The summed E-state index contributed by atoms with van der Waals surface area (Å²) in [5.74, 6) is 0.122. The number of urea groups is 1. The molecule has 1 aliphatic heterocycles. The molecule has 156 valence electrons. The fourth-order valence-electron chi connectivity index (χ4n) is 3.17. The molecule has 2 amide bonds. The van der Waals surface area contributed by atoms with Gasteiger partial charge < -0.3 is 25.3 Å². The summed E-state index contributed by atoms with van der Waals surface area (Å²) in [5, 5.41) is 24.5. The Hall–Kier alpha value is -3.02. The van der Waals surface area contributed by atoms with E-state index < -0.39 is 30.2 Å². The number of rotatable bonds is 6. The molecule has 0 bridgehead atoms. The van der Waals surface area contributed by atoms with Gasteiger partial charge in [-0.2, -0.15) is 0 Å². The molecular formula is C18H24N6O5. The lowest BCUT2D eigenvalue weighted by Gasteiger charge is -2.13. The fraction of sp³-hybridized carbons (Fsp3) is 0.444. The third-order valence-corrected chi connectivity index (χ3v) is 4.44. The number of nitrogens with zero attached hydrogens (tertiary/aromatic N) is 3. The number of imidazole rings is 1. The number of fused-ring (bicyclic) bond motifs is 1. The number of carbonyl (C=O) groups excluding carboxylic acids is 1. The summed E-state index contributed by atoms with van der Waals surface area (Å²) in [6.45, 7) is 3.43. The Morgan fingerprint density at radius 3 is 2.93 bits per heavy atom. The van der Waals surface area contributed by atoms with Crippen molar-refractivity contribution in [3.8, 4) is 0 Å². The van der Waals surface area contributed by atoms with Crippen molar-refractivity contribution >= 4 is 23.0 Å². The highest BCUT2D eigenvalue weighted by Gasteiger charge is 2.36. The molecular weight excluding hydrogens is 380 g/mol. The number of aromatic nitrogens is 4. The Morgan fingerprint density at radius 1 is 1.48 bits per heavy atom. The quantitative estimate of drug-likeness (QED) is 0.445. The van der Waals surface area contributed by atoms with Gasteiger partial charge in [0.05, 0.1) is 12.7 Å². The number of carbonyl (C=O) groups is 1. The van der Waals surface area contributed by atoms with Crippen molar-refractivity contribution in [1.82, 2.24) is 24.8 Å². The summed E-state index contributed by atoms with van der Waals surface area (Å²) < 4.78 is 6.79. The number of nitrogens with one attached hydrogen (secondary N) is 3. The van der Waals surface area contributed by atoms with Crippen LogP contribution in [-0.2, 0) is 4.74 Å². The molecule has 3 heterocycles. The van der Waals surface area contributed by atoms with E-state index in [4.69, 9.17) is 4.74 Å². The number of hydrogen-bond donors (Lipinski definition) is 5. The smallest absolute Gasteiger partial charge is 0.329 e. The number of aliphatic hydroxyl groups excluding tert-OH is 2. The highest BCUT2D eigenvalue weighted by Crippen LogP contribution is 2.30. The van der Waals surface area contributed by atoms with Gasteiger partial charge in [-0.15, -0.1) is 0 Å². The maximum Gasteiger partial charge on any atom is 0.329 e. The second-order valence-corrected chi connectivity index (χ2v) is 6.48. The number of H-pyrrole nitrogens is 1. The third-order valence-electron chi connectivity index (χ3n) is 4.44. The van der Waals surface area contributed by atoms with Gasteiger partial charge in [-0.1, -0.05) is 19.1 Å². The summed E-state index contributed by atoms with van der Waals surface area (Å²) in [5.41, 5.74) is 0.548. The Kier molecular flexibility index (Phi) is 6.42. The van der Waals surface area contributed by atoms with Crippen molar-refractivity contribution in [2.45, 2.75) is 45.1 Å². The number of aromatic amines is 1. The topological polar surface area (TPSA) is 154 Å². The average Bonchev–Trinajstić information content (AvgIpc) is 3.21. The van der Waals surface area contributed by atoms with Crippen LogP contribution in [0.3, 0.4) is 0 Å². The van der Waals surface area contributed by atoms with Gasteiger partial charge >= 0.3 is 11.7 Å². The Balaban J connectivity index is 1.87. The van der Waals surface area contributed by atoms with E-state index in [1.165, 1.54) is 10.9 Å². The Morgan fingerprint density at radius 2 is 2.28 bits per heavy atom. The molecule has 1 fully saturated rings. The van der Waals surface area contributed by atoms with Crippen molar-refractivity contribution in [2.75, 3.05) is 11.9 Å². The fourth-order valence-corrected chi connectivity index (χ4v) is 3.17. The summed E-state index contributed by atoms with van der Waals surface area (Å²) in [4.78, 5) is 35.6. The lowest BCUT2D eigenvalue weighted by molar-refractivity contribution is -0.0441. The second kappa shape index (κ2) is 8.99. The number of aliphatic hydroxyl groups is 2. The van der Waals surface area contributed by atoms with Crippen LogP contribution in [0.15, 0.2) is 35.0 Å². The van der Waals surface area contributed by atoms with Gasteiger partial charge in [0.25, 0.3) is 0 Å². The maximum atomic E-state index is 12.5. The number of allylic oxidation sites excluding steroid dienone is 3. The Labute approximate surface area is 166 Å². The van der Waals surface area contributed by atoms with Crippen LogP contribution in [0.5, 0.6) is 0 Å². The molecule has 1 saturated heterocycles. The molecule has 2 aromatic rings. The monoisotopic (exact) mass is 404 g/mol. The van der Waals surface area contributed by atoms with Gasteiger partial charge in [0.15, 0.2) is 11.5 Å². The first kappa shape index (κ1) is 20.7. The van der Waals surface area contributed by atoms with Gasteiger partial charge in [0.1, 0.15) is 24.2 Å². The van der Waals surface area contributed by atoms with E-state index in [-0.39, 0.29) is 30.0 Å². The molecule has 0 saturated carbocycles. The van der Waals surface area contributed by atoms with Crippen molar-refractivity contribution in [3.63, 3.8) is 0 Å². The Bertz CT molecular complexity index is 994. The third kappa shape index (κ3) is 4.36. The van der Waals surface area contributed by atoms with Crippen molar-refractivity contribution in [1.29, 1.82) is 0 Å². The van der Waals surface area contributed by atoms with Crippen LogP contribution >= 0.6 is 0 Å². The summed E-state index contributed by atoms with van der Waals surface area (Å²) in [7, 11) is 0. The molecule has 11 heteroatoms. The molecule has 1 aliphatic rings. The second-order valence-electron chi connectivity index (χ2n) is 6.48. The van der Waals surface area contributed by atoms with Gasteiger partial charge in [0.2, 0.25) is 0 Å². The van der Waals surface area contributed by atoms with Crippen LogP contribution in [-0.4, -0.2) is 54.6 Å². The number of hydrogen-bond acceptors (Lipinski definition) is 7. The molecule has 0 radical (unpaired) electrons. The average molecular weight is 404 g/mol. The minimum Gasteiger partial charge on any atom is -0.394 e. The predicted molar refractivity (Wildman–Crippen MR) is 105 cm³/mol. The zero-order chi connectivity index (χ0) is 21.0. The van der Waals surface area contributed by atoms with E-state index in [2.05, 4.69) is 25.6 Å².